The maximum atomic E-state index is 14.4. The summed E-state index contributed by atoms with van der Waals surface area (Å²) < 4.78 is 6.53. The van der Waals surface area contributed by atoms with Gasteiger partial charge in [0.25, 0.3) is 0 Å². The Morgan fingerprint density at radius 1 is 0.684 bits per heavy atom. The monoisotopic (exact) mass is 538 g/mol. The Morgan fingerprint density at radius 3 is 1.47 bits per heavy atom. The standard InChI is InChI=1S/C29H30O8S/c30-19-9-22(32)26(23(33)10-19)38(21-4-2-1-3-5-21,27-24(34)11-20(31)12-25(27)35)37-28(36)29-13-16-6-17(14-29)8-18(7-16)15-29/h1-5,9-12,16-18,30-35H,6-8,13-15H2. The van der Waals surface area contributed by atoms with E-state index >= 15 is 0 Å². The molecular weight excluding hydrogens is 508 g/mol. The summed E-state index contributed by atoms with van der Waals surface area (Å²) in [6.45, 7) is 0. The zero-order valence-electron chi connectivity index (χ0n) is 20.6. The fraction of sp³-hybridized carbons (Fsp3) is 0.345. The molecule has 0 spiro atoms. The second kappa shape index (κ2) is 8.66. The Balaban J connectivity index is 1.63. The first-order valence-corrected chi connectivity index (χ1v) is 14.3. The number of aromatic hydroxyl groups is 6. The highest BCUT2D eigenvalue weighted by molar-refractivity contribution is 8.30. The summed E-state index contributed by atoms with van der Waals surface area (Å²) >= 11 is 0. The molecule has 0 unspecified atom stereocenters. The van der Waals surface area contributed by atoms with Crippen LogP contribution in [0.1, 0.15) is 38.5 Å². The van der Waals surface area contributed by atoms with E-state index in [4.69, 9.17) is 4.18 Å². The van der Waals surface area contributed by atoms with Crippen LogP contribution in [0.5, 0.6) is 34.5 Å². The van der Waals surface area contributed by atoms with E-state index < -0.39 is 56.2 Å². The van der Waals surface area contributed by atoms with Gasteiger partial charge in [0.05, 0.1) is 5.41 Å². The van der Waals surface area contributed by atoms with E-state index in [-0.39, 0.29) is 9.79 Å². The minimum atomic E-state index is -3.55. The van der Waals surface area contributed by atoms with Crippen LogP contribution < -0.4 is 0 Å². The van der Waals surface area contributed by atoms with Crippen LogP contribution in [0.25, 0.3) is 0 Å². The molecule has 4 bridgehead atoms. The molecule has 7 rings (SSSR count). The average Bonchev–Trinajstić information content (AvgIpc) is 2.82. The fourth-order valence-electron chi connectivity index (χ4n) is 7.40. The van der Waals surface area contributed by atoms with Crippen LogP contribution in [0, 0.1) is 23.2 Å². The van der Waals surface area contributed by atoms with E-state index in [2.05, 4.69) is 0 Å². The Hall–Kier alpha value is -3.72. The van der Waals surface area contributed by atoms with Gasteiger partial charge in [-0.1, -0.05) is 18.2 Å². The third-order valence-electron chi connectivity index (χ3n) is 8.39. The summed E-state index contributed by atoms with van der Waals surface area (Å²) in [6, 6.07) is 12.4. The molecule has 3 aromatic rings. The Bertz CT molecular complexity index is 1280. The van der Waals surface area contributed by atoms with Crippen LogP contribution in [0.4, 0.5) is 0 Å². The number of carbonyl (C=O) groups is 1. The molecule has 4 saturated carbocycles. The lowest BCUT2D eigenvalue weighted by molar-refractivity contribution is -0.160. The van der Waals surface area contributed by atoms with Gasteiger partial charge in [0.15, 0.2) is 0 Å². The molecule has 0 radical (unpaired) electrons. The molecule has 4 aliphatic rings. The lowest BCUT2D eigenvalue weighted by Crippen LogP contribution is -2.50. The van der Waals surface area contributed by atoms with Crippen LogP contribution >= 0.6 is 10.3 Å². The maximum Gasteiger partial charge on any atom is 0.323 e. The van der Waals surface area contributed by atoms with Crippen molar-refractivity contribution in [3.05, 3.63) is 54.6 Å². The number of benzene rings is 3. The summed E-state index contributed by atoms with van der Waals surface area (Å²) in [5.41, 5.74) is -0.744. The number of hydrogen-bond acceptors (Lipinski definition) is 8. The van der Waals surface area contributed by atoms with Crippen LogP contribution in [0.3, 0.4) is 0 Å². The molecule has 0 saturated heterocycles. The first kappa shape index (κ1) is 24.6. The molecule has 8 nitrogen and oxygen atoms in total. The van der Waals surface area contributed by atoms with Crippen LogP contribution in [0.15, 0.2) is 69.3 Å². The average molecular weight is 539 g/mol. The van der Waals surface area contributed by atoms with Gasteiger partial charge < -0.3 is 34.8 Å². The topological polar surface area (TPSA) is 148 Å². The highest BCUT2D eigenvalue weighted by Crippen LogP contribution is 2.78. The van der Waals surface area contributed by atoms with Crippen LogP contribution in [-0.4, -0.2) is 36.6 Å². The first-order chi connectivity index (χ1) is 18.1. The summed E-state index contributed by atoms with van der Waals surface area (Å²) in [7, 11) is -3.55. The molecular formula is C29H30O8S. The molecule has 0 amide bonds. The van der Waals surface area contributed by atoms with Crippen LogP contribution in [-0.2, 0) is 8.98 Å². The van der Waals surface area contributed by atoms with E-state index in [1.54, 1.807) is 30.3 Å². The summed E-state index contributed by atoms with van der Waals surface area (Å²) in [6.07, 6.45) is 5.35. The van der Waals surface area contributed by atoms with E-state index in [0.717, 1.165) is 43.5 Å². The van der Waals surface area contributed by atoms with E-state index in [1.807, 2.05) is 0 Å². The van der Waals surface area contributed by atoms with Crippen molar-refractivity contribution in [1.29, 1.82) is 0 Å². The smallest absolute Gasteiger partial charge is 0.323 e. The molecule has 4 aliphatic carbocycles. The second-order valence-corrected chi connectivity index (χ2v) is 13.6. The molecule has 3 aromatic carbocycles. The maximum absolute atomic E-state index is 14.4. The number of phenols is 6. The van der Waals surface area contributed by atoms with E-state index in [1.165, 1.54) is 0 Å². The molecule has 0 atom stereocenters. The molecule has 0 heterocycles. The van der Waals surface area contributed by atoms with Gasteiger partial charge in [0.2, 0.25) is 0 Å². The summed E-state index contributed by atoms with van der Waals surface area (Å²) in [4.78, 5) is 14.2. The van der Waals surface area contributed by atoms with Crippen molar-refractivity contribution in [2.45, 2.75) is 53.2 Å². The number of carbonyl (C=O) groups excluding carboxylic acids is 1. The molecule has 6 N–H and O–H groups in total. The quantitative estimate of drug-likeness (QED) is 0.236. The van der Waals surface area contributed by atoms with Crippen molar-refractivity contribution in [3.8, 4) is 34.5 Å². The second-order valence-electron chi connectivity index (χ2n) is 11.1. The SMILES string of the molecule is O=C(OS(c1ccccc1)(c1c(O)cc(O)cc1O)c1c(O)cc(O)cc1O)C12CC3CC(CC(C3)C1)C2. The molecule has 9 heteroatoms. The van der Waals surface area contributed by atoms with E-state index in [9.17, 15) is 35.4 Å². The minimum absolute atomic E-state index is 0.254. The fourth-order valence-corrected chi connectivity index (χ4v) is 10.7. The first-order valence-electron chi connectivity index (χ1n) is 12.7. The van der Waals surface area contributed by atoms with Gasteiger partial charge in [-0.05, 0) is 68.4 Å². The summed E-state index contributed by atoms with van der Waals surface area (Å²) in [5, 5.41) is 64.6. The van der Waals surface area contributed by atoms with Crippen molar-refractivity contribution in [3.63, 3.8) is 0 Å². The van der Waals surface area contributed by atoms with Crippen molar-refractivity contribution in [2.24, 2.45) is 23.2 Å². The zero-order chi connectivity index (χ0) is 26.8. The molecule has 200 valence electrons. The van der Waals surface area contributed by atoms with Crippen LogP contribution in [0.2, 0.25) is 0 Å². The number of phenolic OH excluding ortho intramolecular Hbond substituents is 6. The van der Waals surface area contributed by atoms with Crippen molar-refractivity contribution in [1.82, 2.24) is 0 Å². The highest BCUT2D eigenvalue weighted by Gasteiger charge is 2.57. The van der Waals surface area contributed by atoms with Gasteiger partial charge in [-0.2, -0.15) is 0 Å². The third kappa shape index (κ3) is 3.71. The molecule has 4 fully saturated rings. The normalized spacial score (nSPS) is 26.3. The Kier molecular flexibility index (Phi) is 5.61. The summed E-state index contributed by atoms with van der Waals surface area (Å²) in [5.74, 6) is -2.36. The Morgan fingerprint density at radius 2 is 1.08 bits per heavy atom. The van der Waals surface area contributed by atoms with Gasteiger partial charge in [0, 0.05) is 39.5 Å². The zero-order valence-corrected chi connectivity index (χ0v) is 21.4. The van der Waals surface area contributed by atoms with Gasteiger partial charge in [-0.25, -0.2) is 0 Å². The minimum Gasteiger partial charge on any atom is -0.508 e. The molecule has 0 aromatic heterocycles. The van der Waals surface area contributed by atoms with Gasteiger partial charge >= 0.3 is 5.97 Å². The van der Waals surface area contributed by atoms with Gasteiger partial charge in [-0.3, -0.25) is 4.79 Å². The van der Waals surface area contributed by atoms with Crippen molar-refractivity contribution in [2.75, 3.05) is 0 Å². The van der Waals surface area contributed by atoms with Crippen molar-refractivity contribution >= 4 is 16.3 Å². The molecule has 0 aliphatic heterocycles. The largest absolute Gasteiger partial charge is 0.508 e. The highest BCUT2D eigenvalue weighted by atomic mass is 32.3. The predicted molar refractivity (Wildman–Crippen MR) is 138 cm³/mol. The predicted octanol–water partition coefficient (Wildman–Crippen LogP) is 5.88. The Labute approximate surface area is 221 Å². The van der Waals surface area contributed by atoms with Gasteiger partial charge in [-0.15, -0.1) is 0 Å². The third-order valence-corrected chi connectivity index (χ3v) is 11.7. The van der Waals surface area contributed by atoms with Gasteiger partial charge in [0.1, 0.15) is 44.3 Å². The number of rotatable bonds is 5. The molecule has 38 heavy (non-hydrogen) atoms. The van der Waals surface area contributed by atoms with Crippen molar-refractivity contribution < 1.29 is 39.6 Å². The van der Waals surface area contributed by atoms with E-state index in [0.29, 0.717) is 41.9 Å². The number of hydrogen-bond donors (Lipinski definition) is 6. The lowest BCUT2D eigenvalue weighted by Gasteiger charge is -2.56. The lowest BCUT2D eigenvalue weighted by atomic mass is 9.49.